The molecule has 0 heterocycles. The predicted octanol–water partition coefficient (Wildman–Crippen LogP) is 4.58. The second-order valence-corrected chi connectivity index (χ2v) is 6.46. The third-order valence-electron chi connectivity index (χ3n) is 4.20. The van der Waals surface area contributed by atoms with Gasteiger partial charge in [0.15, 0.2) is 0 Å². The average molecular weight is 296 g/mol. The van der Waals surface area contributed by atoms with Gasteiger partial charge in [-0.1, -0.05) is 31.0 Å². The molecule has 1 aliphatic carbocycles. The molecular weight excluding hydrogens is 270 g/mol. The smallest absolute Gasteiger partial charge is 0.138 e. The zero-order chi connectivity index (χ0) is 14.5. The van der Waals surface area contributed by atoms with E-state index in [2.05, 4.69) is 13.0 Å². The van der Waals surface area contributed by atoms with Crippen LogP contribution in [-0.2, 0) is 6.42 Å². The molecule has 1 aliphatic rings. The van der Waals surface area contributed by atoms with Gasteiger partial charge in [-0.2, -0.15) is 0 Å². The summed E-state index contributed by atoms with van der Waals surface area (Å²) < 4.78 is 6.19. The summed E-state index contributed by atoms with van der Waals surface area (Å²) in [7, 11) is 0. The van der Waals surface area contributed by atoms with Crippen molar-refractivity contribution in [1.82, 2.24) is 0 Å². The Morgan fingerprint density at radius 3 is 2.75 bits per heavy atom. The second-order valence-electron chi connectivity index (χ2n) is 6.06. The highest BCUT2D eigenvalue weighted by atomic mass is 35.5. The fraction of sp³-hybridized carbons (Fsp3) is 0.647. The van der Waals surface area contributed by atoms with Crippen LogP contribution in [0.4, 0.5) is 0 Å². The molecule has 3 atom stereocenters. The minimum Gasteiger partial charge on any atom is -0.489 e. The highest BCUT2D eigenvalue weighted by Crippen LogP contribution is 2.33. The molecule has 0 saturated heterocycles. The molecule has 1 aromatic rings. The van der Waals surface area contributed by atoms with Gasteiger partial charge in [0.25, 0.3) is 0 Å². The molecule has 1 saturated carbocycles. The molecule has 0 amide bonds. The molecule has 0 spiro atoms. The maximum atomic E-state index is 6.36. The third kappa shape index (κ3) is 4.13. The van der Waals surface area contributed by atoms with Crippen LogP contribution < -0.4 is 10.5 Å². The summed E-state index contributed by atoms with van der Waals surface area (Å²) >= 11 is 6.36. The van der Waals surface area contributed by atoms with Crippen LogP contribution in [0, 0.1) is 5.92 Å². The van der Waals surface area contributed by atoms with Gasteiger partial charge in [-0.25, -0.2) is 0 Å². The molecule has 1 fully saturated rings. The van der Waals surface area contributed by atoms with Gasteiger partial charge in [-0.05, 0) is 62.6 Å². The van der Waals surface area contributed by atoms with Crippen molar-refractivity contribution < 1.29 is 4.74 Å². The average Bonchev–Trinajstić information content (AvgIpc) is 2.42. The van der Waals surface area contributed by atoms with E-state index in [-0.39, 0.29) is 6.04 Å². The molecule has 112 valence electrons. The molecule has 2 N–H and O–H groups in total. The highest BCUT2D eigenvalue weighted by molar-refractivity contribution is 6.32. The zero-order valence-electron chi connectivity index (χ0n) is 12.6. The summed E-state index contributed by atoms with van der Waals surface area (Å²) in [6.45, 7) is 4.26. The number of halogens is 1. The van der Waals surface area contributed by atoms with Crippen molar-refractivity contribution in [2.75, 3.05) is 0 Å². The first kappa shape index (κ1) is 15.7. The molecule has 20 heavy (non-hydrogen) atoms. The van der Waals surface area contributed by atoms with Crippen LogP contribution in [0.3, 0.4) is 0 Å². The largest absolute Gasteiger partial charge is 0.489 e. The standard InChI is InChI=1S/C17H26ClNO/c1-3-14-6-4-5-7-16(14)20-17-9-8-13(10-12(2)19)11-15(17)18/h8-9,11-12,14,16H,3-7,10,19H2,1-2H3. The van der Waals surface area contributed by atoms with E-state index in [0.717, 1.165) is 18.6 Å². The number of hydrogen-bond donors (Lipinski definition) is 1. The van der Waals surface area contributed by atoms with E-state index in [1.54, 1.807) is 0 Å². The summed E-state index contributed by atoms with van der Waals surface area (Å²) in [5.74, 6) is 1.49. The number of rotatable bonds is 5. The van der Waals surface area contributed by atoms with Gasteiger partial charge in [-0.15, -0.1) is 0 Å². The lowest BCUT2D eigenvalue weighted by Gasteiger charge is -2.31. The first-order valence-corrected chi connectivity index (χ1v) is 8.18. The number of benzene rings is 1. The van der Waals surface area contributed by atoms with Gasteiger partial charge in [0.1, 0.15) is 11.9 Å². The Hall–Kier alpha value is -0.730. The summed E-state index contributed by atoms with van der Waals surface area (Å²) in [6, 6.07) is 6.22. The first-order valence-electron chi connectivity index (χ1n) is 7.80. The van der Waals surface area contributed by atoms with E-state index in [1.165, 1.54) is 31.2 Å². The van der Waals surface area contributed by atoms with Gasteiger partial charge in [0.05, 0.1) is 5.02 Å². The summed E-state index contributed by atoms with van der Waals surface area (Å²) in [6.07, 6.45) is 7.39. The van der Waals surface area contributed by atoms with Crippen LogP contribution in [0.25, 0.3) is 0 Å². The fourth-order valence-electron chi connectivity index (χ4n) is 3.10. The molecule has 3 heteroatoms. The van der Waals surface area contributed by atoms with Gasteiger partial charge in [-0.3, -0.25) is 0 Å². The fourth-order valence-corrected chi connectivity index (χ4v) is 3.35. The Morgan fingerprint density at radius 1 is 1.35 bits per heavy atom. The SMILES string of the molecule is CCC1CCCCC1Oc1ccc(CC(C)N)cc1Cl. The van der Waals surface area contributed by atoms with Crippen LogP contribution in [0.5, 0.6) is 5.75 Å². The van der Waals surface area contributed by atoms with Crippen LogP contribution >= 0.6 is 11.6 Å². The number of nitrogens with two attached hydrogens (primary N) is 1. The van der Waals surface area contributed by atoms with Crippen LogP contribution in [0.15, 0.2) is 18.2 Å². The molecule has 0 bridgehead atoms. The van der Waals surface area contributed by atoms with E-state index in [9.17, 15) is 0 Å². The molecular formula is C17H26ClNO. The quantitative estimate of drug-likeness (QED) is 0.863. The Bertz CT molecular complexity index is 433. The third-order valence-corrected chi connectivity index (χ3v) is 4.49. The van der Waals surface area contributed by atoms with Crippen molar-refractivity contribution in [3.05, 3.63) is 28.8 Å². The minimum absolute atomic E-state index is 0.153. The Morgan fingerprint density at radius 2 is 2.10 bits per heavy atom. The van der Waals surface area contributed by atoms with Crippen molar-refractivity contribution in [3.63, 3.8) is 0 Å². The zero-order valence-corrected chi connectivity index (χ0v) is 13.3. The van der Waals surface area contributed by atoms with E-state index >= 15 is 0 Å². The maximum absolute atomic E-state index is 6.36. The van der Waals surface area contributed by atoms with E-state index < -0.39 is 0 Å². The summed E-state index contributed by atoms with van der Waals surface area (Å²) in [5, 5.41) is 0.712. The lowest BCUT2D eigenvalue weighted by molar-refractivity contribution is 0.0904. The van der Waals surface area contributed by atoms with Gasteiger partial charge >= 0.3 is 0 Å². The second kappa shape index (κ2) is 7.33. The summed E-state index contributed by atoms with van der Waals surface area (Å²) in [5.41, 5.74) is 7.00. The van der Waals surface area contributed by atoms with Crippen molar-refractivity contribution in [1.29, 1.82) is 0 Å². The van der Waals surface area contributed by atoms with E-state index in [4.69, 9.17) is 22.1 Å². The predicted molar refractivity (Wildman–Crippen MR) is 85.5 cm³/mol. The molecule has 1 aromatic carbocycles. The highest BCUT2D eigenvalue weighted by Gasteiger charge is 2.25. The Balaban J connectivity index is 2.05. The topological polar surface area (TPSA) is 35.2 Å². The maximum Gasteiger partial charge on any atom is 0.138 e. The van der Waals surface area contributed by atoms with E-state index in [0.29, 0.717) is 17.0 Å². The normalized spacial score (nSPS) is 24.4. The van der Waals surface area contributed by atoms with E-state index in [1.807, 2.05) is 19.1 Å². The number of hydrogen-bond acceptors (Lipinski definition) is 2. The van der Waals surface area contributed by atoms with Crippen LogP contribution in [0.2, 0.25) is 5.02 Å². The minimum atomic E-state index is 0.153. The molecule has 3 unspecified atom stereocenters. The molecule has 0 aliphatic heterocycles. The Labute approximate surface area is 127 Å². The van der Waals surface area contributed by atoms with Crippen molar-refractivity contribution in [2.45, 2.75) is 64.5 Å². The number of ether oxygens (including phenoxy) is 1. The first-order chi connectivity index (χ1) is 9.60. The summed E-state index contributed by atoms with van der Waals surface area (Å²) in [4.78, 5) is 0. The monoisotopic (exact) mass is 295 g/mol. The van der Waals surface area contributed by atoms with Gasteiger partial charge < -0.3 is 10.5 Å². The van der Waals surface area contributed by atoms with Crippen molar-refractivity contribution >= 4 is 11.6 Å². The lowest BCUT2D eigenvalue weighted by Crippen LogP contribution is -2.30. The van der Waals surface area contributed by atoms with Crippen molar-refractivity contribution in [3.8, 4) is 5.75 Å². The van der Waals surface area contributed by atoms with Crippen LogP contribution in [-0.4, -0.2) is 12.1 Å². The van der Waals surface area contributed by atoms with Gasteiger partial charge in [0.2, 0.25) is 0 Å². The molecule has 0 radical (unpaired) electrons. The Kier molecular flexibility index (Phi) is 5.74. The molecule has 2 rings (SSSR count). The molecule has 0 aromatic heterocycles. The van der Waals surface area contributed by atoms with Gasteiger partial charge in [0, 0.05) is 6.04 Å². The lowest BCUT2D eigenvalue weighted by atomic mass is 9.85. The van der Waals surface area contributed by atoms with Crippen molar-refractivity contribution in [2.24, 2.45) is 11.7 Å². The molecule has 2 nitrogen and oxygen atoms in total. The van der Waals surface area contributed by atoms with Crippen LogP contribution in [0.1, 0.15) is 51.5 Å².